The Balaban J connectivity index is 2.57. The van der Waals surface area contributed by atoms with Gasteiger partial charge in [0.25, 0.3) is 5.91 Å². The molecule has 118 valence electrons. The van der Waals surface area contributed by atoms with E-state index in [4.69, 9.17) is 0 Å². The lowest BCUT2D eigenvalue weighted by Gasteiger charge is -2.10. The molecule has 1 amide bonds. The number of nitrogens with one attached hydrogen (secondary N) is 2. The molecule has 5 nitrogen and oxygen atoms in total. The first-order valence-corrected chi connectivity index (χ1v) is 7.90. The molecular weight excluding hydrogens is 264 g/mol. The highest BCUT2D eigenvalue weighted by molar-refractivity contribution is 5.92. The zero-order valence-corrected chi connectivity index (χ0v) is 13.7. The predicted molar refractivity (Wildman–Crippen MR) is 86.6 cm³/mol. The van der Waals surface area contributed by atoms with E-state index in [-0.39, 0.29) is 5.91 Å². The van der Waals surface area contributed by atoms with Crippen LogP contribution in [0.25, 0.3) is 0 Å². The quantitative estimate of drug-likeness (QED) is 0.686. The van der Waals surface area contributed by atoms with Crippen LogP contribution in [0.1, 0.15) is 62.8 Å². The normalized spacial score (nSPS) is 10.7. The summed E-state index contributed by atoms with van der Waals surface area (Å²) in [5.41, 5.74) is 0.436. The largest absolute Gasteiger partial charge is 0.370 e. The van der Waals surface area contributed by atoms with E-state index in [0.717, 1.165) is 38.0 Å². The van der Waals surface area contributed by atoms with Crippen LogP contribution in [0.15, 0.2) is 6.07 Å². The van der Waals surface area contributed by atoms with E-state index in [0.29, 0.717) is 24.0 Å². The zero-order valence-electron chi connectivity index (χ0n) is 13.7. The molecule has 0 spiro atoms. The number of unbranched alkanes of at least 4 members (excludes halogenated alkanes) is 2. The van der Waals surface area contributed by atoms with Gasteiger partial charge in [0.1, 0.15) is 17.3 Å². The number of rotatable bonds is 9. The Morgan fingerprint density at radius 2 is 2.00 bits per heavy atom. The van der Waals surface area contributed by atoms with Gasteiger partial charge in [0.05, 0.1) is 0 Å². The molecule has 1 aromatic heterocycles. The summed E-state index contributed by atoms with van der Waals surface area (Å²) in [4.78, 5) is 20.6. The maximum absolute atomic E-state index is 12.1. The van der Waals surface area contributed by atoms with Crippen LogP contribution < -0.4 is 10.6 Å². The minimum Gasteiger partial charge on any atom is -0.370 e. The Bertz CT molecular complexity index is 446. The zero-order chi connectivity index (χ0) is 15.7. The SMILES string of the molecule is CCCCCNC(=O)c1cc(NCCC(C)C)nc(C)n1. The molecule has 0 unspecified atom stereocenters. The number of anilines is 1. The van der Waals surface area contributed by atoms with Crippen molar-refractivity contribution in [1.82, 2.24) is 15.3 Å². The molecule has 5 heteroatoms. The Kier molecular flexibility index (Phi) is 7.72. The van der Waals surface area contributed by atoms with Crippen LogP contribution in [0.5, 0.6) is 0 Å². The number of aromatic nitrogens is 2. The van der Waals surface area contributed by atoms with Gasteiger partial charge in [-0.3, -0.25) is 4.79 Å². The van der Waals surface area contributed by atoms with Crippen LogP contribution >= 0.6 is 0 Å². The van der Waals surface area contributed by atoms with Gasteiger partial charge in [-0.25, -0.2) is 9.97 Å². The van der Waals surface area contributed by atoms with Crippen molar-refractivity contribution in [3.63, 3.8) is 0 Å². The number of nitrogens with zero attached hydrogens (tertiary/aromatic N) is 2. The molecule has 0 radical (unpaired) electrons. The fraction of sp³-hybridized carbons (Fsp3) is 0.688. The smallest absolute Gasteiger partial charge is 0.270 e. The number of carbonyl (C=O) groups is 1. The molecule has 21 heavy (non-hydrogen) atoms. The maximum Gasteiger partial charge on any atom is 0.270 e. The molecule has 0 atom stereocenters. The van der Waals surface area contributed by atoms with Crippen LogP contribution in [0.2, 0.25) is 0 Å². The monoisotopic (exact) mass is 292 g/mol. The third kappa shape index (κ3) is 7.06. The summed E-state index contributed by atoms with van der Waals surface area (Å²) < 4.78 is 0. The van der Waals surface area contributed by atoms with Crippen LogP contribution in [-0.2, 0) is 0 Å². The first kappa shape index (κ1) is 17.4. The fourth-order valence-electron chi connectivity index (χ4n) is 1.93. The average Bonchev–Trinajstić information content (AvgIpc) is 2.42. The van der Waals surface area contributed by atoms with Gasteiger partial charge in [-0.15, -0.1) is 0 Å². The topological polar surface area (TPSA) is 66.9 Å². The molecule has 1 heterocycles. The van der Waals surface area contributed by atoms with Gasteiger partial charge in [-0.05, 0) is 25.7 Å². The Hall–Kier alpha value is -1.65. The molecule has 0 saturated carbocycles. The van der Waals surface area contributed by atoms with Crippen molar-refractivity contribution in [3.05, 3.63) is 17.6 Å². The van der Waals surface area contributed by atoms with E-state index in [9.17, 15) is 4.79 Å². The number of hydrogen-bond donors (Lipinski definition) is 2. The molecular formula is C16H28N4O. The second-order valence-corrected chi connectivity index (χ2v) is 5.76. The van der Waals surface area contributed by atoms with Gasteiger partial charge in [0.15, 0.2) is 0 Å². The Morgan fingerprint density at radius 3 is 2.67 bits per heavy atom. The standard InChI is InChI=1S/C16H28N4O/c1-5-6-7-9-18-16(21)14-11-15(20-13(4)19-14)17-10-8-12(2)3/h11-12H,5-10H2,1-4H3,(H,18,21)(H,17,19,20). The number of aryl methyl sites for hydroxylation is 1. The van der Waals surface area contributed by atoms with Gasteiger partial charge in [0.2, 0.25) is 0 Å². The highest BCUT2D eigenvalue weighted by Crippen LogP contribution is 2.08. The third-order valence-electron chi connectivity index (χ3n) is 3.16. The van der Waals surface area contributed by atoms with Crippen LogP contribution in [0.4, 0.5) is 5.82 Å². The van der Waals surface area contributed by atoms with E-state index in [1.54, 1.807) is 6.07 Å². The molecule has 0 bridgehead atoms. The van der Waals surface area contributed by atoms with E-state index in [1.165, 1.54) is 0 Å². The average molecular weight is 292 g/mol. The van der Waals surface area contributed by atoms with E-state index < -0.39 is 0 Å². The second-order valence-electron chi connectivity index (χ2n) is 5.76. The predicted octanol–water partition coefficient (Wildman–Crippen LogP) is 3.16. The second kappa shape index (κ2) is 9.32. The molecule has 0 aromatic carbocycles. The maximum atomic E-state index is 12.1. The molecule has 0 aliphatic rings. The van der Waals surface area contributed by atoms with Crippen LogP contribution in [0.3, 0.4) is 0 Å². The van der Waals surface area contributed by atoms with Crippen molar-refractivity contribution >= 4 is 11.7 Å². The molecule has 0 aliphatic heterocycles. The summed E-state index contributed by atoms with van der Waals surface area (Å²) in [7, 11) is 0. The van der Waals surface area contributed by atoms with Crippen molar-refractivity contribution < 1.29 is 4.79 Å². The van der Waals surface area contributed by atoms with E-state index in [1.807, 2.05) is 6.92 Å². The van der Waals surface area contributed by atoms with Crippen LogP contribution in [-0.4, -0.2) is 29.0 Å². The summed E-state index contributed by atoms with van der Waals surface area (Å²) >= 11 is 0. The lowest BCUT2D eigenvalue weighted by atomic mass is 10.1. The molecule has 1 aromatic rings. The van der Waals surface area contributed by atoms with Crippen molar-refractivity contribution in [3.8, 4) is 0 Å². The molecule has 0 saturated heterocycles. The minimum atomic E-state index is -0.122. The van der Waals surface area contributed by atoms with E-state index >= 15 is 0 Å². The van der Waals surface area contributed by atoms with Gasteiger partial charge >= 0.3 is 0 Å². The van der Waals surface area contributed by atoms with Gasteiger partial charge in [0, 0.05) is 19.2 Å². The summed E-state index contributed by atoms with van der Waals surface area (Å²) in [6.07, 6.45) is 4.35. The highest BCUT2D eigenvalue weighted by Gasteiger charge is 2.09. The molecule has 1 rings (SSSR count). The van der Waals surface area contributed by atoms with E-state index in [2.05, 4.69) is 41.4 Å². The molecule has 0 fully saturated rings. The van der Waals surface area contributed by atoms with Crippen molar-refractivity contribution in [2.24, 2.45) is 5.92 Å². The third-order valence-corrected chi connectivity index (χ3v) is 3.16. The van der Waals surface area contributed by atoms with Crippen molar-refractivity contribution in [2.75, 3.05) is 18.4 Å². The van der Waals surface area contributed by atoms with Gasteiger partial charge < -0.3 is 10.6 Å². The number of amides is 1. The van der Waals surface area contributed by atoms with Crippen LogP contribution in [0, 0.1) is 12.8 Å². The lowest BCUT2D eigenvalue weighted by Crippen LogP contribution is -2.26. The van der Waals surface area contributed by atoms with Gasteiger partial charge in [-0.2, -0.15) is 0 Å². The summed E-state index contributed by atoms with van der Waals surface area (Å²) in [5.74, 6) is 1.86. The summed E-state index contributed by atoms with van der Waals surface area (Å²) in [5, 5.41) is 6.16. The number of carbonyl (C=O) groups excluding carboxylic acids is 1. The summed E-state index contributed by atoms with van der Waals surface area (Å²) in [6, 6.07) is 1.72. The minimum absolute atomic E-state index is 0.122. The lowest BCUT2D eigenvalue weighted by molar-refractivity contribution is 0.0947. The fourth-order valence-corrected chi connectivity index (χ4v) is 1.93. The first-order chi connectivity index (χ1) is 10.0. The first-order valence-electron chi connectivity index (χ1n) is 7.90. The Labute approximate surface area is 128 Å². The molecule has 2 N–H and O–H groups in total. The van der Waals surface area contributed by atoms with Gasteiger partial charge in [-0.1, -0.05) is 33.6 Å². The Morgan fingerprint density at radius 1 is 1.24 bits per heavy atom. The molecule has 0 aliphatic carbocycles. The number of hydrogen-bond acceptors (Lipinski definition) is 4. The van der Waals surface area contributed by atoms with Crippen molar-refractivity contribution in [2.45, 2.75) is 53.4 Å². The highest BCUT2D eigenvalue weighted by atomic mass is 16.1. The van der Waals surface area contributed by atoms with Crippen molar-refractivity contribution in [1.29, 1.82) is 0 Å². The summed E-state index contributed by atoms with van der Waals surface area (Å²) in [6.45, 7) is 9.87.